The van der Waals surface area contributed by atoms with Gasteiger partial charge < -0.3 is 14.7 Å². The third kappa shape index (κ3) is 2.37. The lowest BCUT2D eigenvalue weighted by Crippen LogP contribution is -2.40. The minimum absolute atomic E-state index is 0.125. The topological polar surface area (TPSA) is 66.8 Å². The molecule has 1 saturated carbocycles. The number of hydrogen-bond acceptors (Lipinski definition) is 3. The Labute approximate surface area is 101 Å². The van der Waals surface area contributed by atoms with E-state index < -0.39 is 11.6 Å². The summed E-state index contributed by atoms with van der Waals surface area (Å²) in [5.41, 5.74) is -0.495. The summed E-state index contributed by atoms with van der Waals surface area (Å²) < 4.78 is 5.28. The van der Waals surface area contributed by atoms with Crippen LogP contribution in [-0.2, 0) is 9.53 Å². The normalized spacial score (nSPS) is 31.7. The Morgan fingerprint density at radius 1 is 1.29 bits per heavy atom. The van der Waals surface area contributed by atoms with Crippen molar-refractivity contribution in [1.29, 1.82) is 0 Å². The molecule has 96 valence electrons. The highest BCUT2D eigenvalue weighted by atomic mass is 16.6. The number of ether oxygens (including phenoxy) is 1. The van der Waals surface area contributed by atoms with Crippen molar-refractivity contribution in [2.24, 2.45) is 17.8 Å². The predicted octanol–water partition coefficient (Wildman–Crippen LogP) is 1.57. The van der Waals surface area contributed by atoms with E-state index in [0.29, 0.717) is 25.4 Å². The number of aliphatic carboxylic acids is 1. The minimum Gasteiger partial charge on any atom is -0.481 e. The predicted molar refractivity (Wildman–Crippen MR) is 60.5 cm³/mol. The van der Waals surface area contributed by atoms with Crippen molar-refractivity contribution in [3.63, 3.8) is 0 Å². The maximum atomic E-state index is 11.8. The highest BCUT2D eigenvalue weighted by molar-refractivity contribution is 5.73. The van der Waals surface area contributed by atoms with Crippen molar-refractivity contribution < 1.29 is 19.4 Å². The van der Waals surface area contributed by atoms with Gasteiger partial charge in [0.05, 0.1) is 5.92 Å². The molecule has 5 heteroatoms. The lowest BCUT2D eigenvalue weighted by atomic mass is 9.67. The fourth-order valence-electron chi connectivity index (χ4n) is 2.67. The molecule has 3 unspecified atom stereocenters. The highest BCUT2D eigenvalue weighted by Gasteiger charge is 2.51. The molecule has 2 rings (SSSR count). The molecular formula is C12H19NO4. The number of nitrogens with zero attached hydrogens (tertiary/aromatic N) is 1. The smallest absolute Gasteiger partial charge is 0.410 e. The molecule has 1 aliphatic carbocycles. The first-order valence-electron chi connectivity index (χ1n) is 5.98. The van der Waals surface area contributed by atoms with Crippen LogP contribution in [-0.4, -0.2) is 40.8 Å². The van der Waals surface area contributed by atoms with Gasteiger partial charge in [0, 0.05) is 13.1 Å². The fourth-order valence-corrected chi connectivity index (χ4v) is 2.67. The molecule has 0 spiro atoms. The molecule has 5 nitrogen and oxygen atoms in total. The molecule has 2 aliphatic rings. The van der Waals surface area contributed by atoms with E-state index in [0.717, 1.165) is 0 Å². The van der Waals surface area contributed by atoms with Crippen LogP contribution < -0.4 is 0 Å². The summed E-state index contributed by atoms with van der Waals surface area (Å²) in [5, 5.41) is 8.96. The molecule has 1 amide bonds. The van der Waals surface area contributed by atoms with E-state index in [9.17, 15) is 9.59 Å². The molecular weight excluding hydrogens is 222 g/mol. The zero-order chi connectivity index (χ0) is 12.8. The zero-order valence-electron chi connectivity index (χ0n) is 10.5. The van der Waals surface area contributed by atoms with Gasteiger partial charge in [0.25, 0.3) is 0 Å². The molecule has 1 N–H and O–H groups in total. The minimum atomic E-state index is -0.739. The third-order valence-electron chi connectivity index (χ3n) is 3.53. The molecule has 3 atom stereocenters. The lowest BCUT2D eigenvalue weighted by Gasteiger charge is -2.35. The fraction of sp³-hybridized carbons (Fsp3) is 0.833. The van der Waals surface area contributed by atoms with Gasteiger partial charge in [-0.05, 0) is 39.0 Å². The summed E-state index contributed by atoms with van der Waals surface area (Å²) in [6, 6.07) is 0. The molecule has 2 fully saturated rings. The van der Waals surface area contributed by atoms with E-state index >= 15 is 0 Å². The highest BCUT2D eigenvalue weighted by Crippen LogP contribution is 2.45. The first-order chi connectivity index (χ1) is 7.78. The van der Waals surface area contributed by atoms with E-state index in [1.54, 1.807) is 4.90 Å². The van der Waals surface area contributed by atoms with Gasteiger partial charge in [-0.1, -0.05) is 0 Å². The Balaban J connectivity index is 1.91. The molecule has 1 saturated heterocycles. The first-order valence-corrected chi connectivity index (χ1v) is 5.98. The van der Waals surface area contributed by atoms with Crippen LogP contribution in [0, 0.1) is 17.8 Å². The van der Waals surface area contributed by atoms with Crippen molar-refractivity contribution in [2.75, 3.05) is 13.1 Å². The molecule has 0 aromatic carbocycles. The maximum absolute atomic E-state index is 11.8. The number of carbonyl (C=O) groups is 2. The van der Waals surface area contributed by atoms with Crippen molar-refractivity contribution in [3.8, 4) is 0 Å². The average molecular weight is 241 g/mol. The van der Waals surface area contributed by atoms with E-state index in [-0.39, 0.29) is 17.9 Å². The van der Waals surface area contributed by atoms with Crippen LogP contribution >= 0.6 is 0 Å². The molecule has 0 aromatic heterocycles. The molecule has 17 heavy (non-hydrogen) atoms. The van der Waals surface area contributed by atoms with E-state index in [2.05, 4.69) is 0 Å². The van der Waals surface area contributed by atoms with Gasteiger partial charge >= 0.3 is 12.1 Å². The third-order valence-corrected chi connectivity index (χ3v) is 3.53. The number of carboxylic acids is 1. The Bertz CT molecular complexity index is 347. The van der Waals surface area contributed by atoms with Gasteiger partial charge in [-0.15, -0.1) is 0 Å². The number of hydrogen-bond donors (Lipinski definition) is 1. The van der Waals surface area contributed by atoms with Crippen molar-refractivity contribution >= 4 is 12.1 Å². The summed E-state index contributed by atoms with van der Waals surface area (Å²) in [6.45, 7) is 6.65. The molecule has 0 radical (unpaired) electrons. The largest absolute Gasteiger partial charge is 0.481 e. The monoisotopic (exact) mass is 241 g/mol. The Kier molecular flexibility index (Phi) is 2.79. The summed E-state index contributed by atoms with van der Waals surface area (Å²) in [6.07, 6.45) is 0.371. The van der Waals surface area contributed by atoms with Crippen LogP contribution in [0.4, 0.5) is 4.79 Å². The van der Waals surface area contributed by atoms with Crippen molar-refractivity contribution in [1.82, 2.24) is 4.90 Å². The number of likely N-dealkylation sites (tertiary alicyclic amines) is 1. The molecule has 0 aromatic rings. The second kappa shape index (κ2) is 3.89. The number of carbonyl (C=O) groups excluding carboxylic acids is 1. The first kappa shape index (κ1) is 12.2. The molecule has 1 aliphatic heterocycles. The van der Waals surface area contributed by atoms with Gasteiger partial charge in [0.15, 0.2) is 0 Å². The van der Waals surface area contributed by atoms with Gasteiger partial charge in [0.1, 0.15) is 5.60 Å². The van der Waals surface area contributed by atoms with Gasteiger partial charge in [-0.3, -0.25) is 4.79 Å². The van der Waals surface area contributed by atoms with Crippen LogP contribution in [0.1, 0.15) is 27.2 Å². The van der Waals surface area contributed by atoms with Crippen LogP contribution in [0.25, 0.3) is 0 Å². The van der Waals surface area contributed by atoms with Crippen LogP contribution in [0.15, 0.2) is 0 Å². The van der Waals surface area contributed by atoms with E-state index in [1.165, 1.54) is 0 Å². The maximum Gasteiger partial charge on any atom is 0.410 e. The number of rotatable bonds is 1. The van der Waals surface area contributed by atoms with Crippen LogP contribution in [0.2, 0.25) is 0 Å². The van der Waals surface area contributed by atoms with Crippen molar-refractivity contribution in [3.05, 3.63) is 0 Å². The van der Waals surface area contributed by atoms with Crippen molar-refractivity contribution in [2.45, 2.75) is 32.8 Å². The SMILES string of the molecule is CC(C)(C)OC(=O)N1CC2CC(C(=O)O)C2C1. The van der Waals surface area contributed by atoms with Gasteiger partial charge in [-0.25, -0.2) is 4.79 Å². The second-order valence-electron chi connectivity index (χ2n) is 5.99. The summed E-state index contributed by atoms with van der Waals surface area (Å²) in [7, 11) is 0. The zero-order valence-corrected chi connectivity index (χ0v) is 10.5. The lowest BCUT2D eigenvalue weighted by molar-refractivity contribution is -0.149. The Hall–Kier alpha value is -1.26. The van der Waals surface area contributed by atoms with Gasteiger partial charge in [-0.2, -0.15) is 0 Å². The summed E-state index contributed by atoms with van der Waals surface area (Å²) >= 11 is 0. The Morgan fingerprint density at radius 2 is 1.94 bits per heavy atom. The Morgan fingerprint density at radius 3 is 2.47 bits per heavy atom. The van der Waals surface area contributed by atoms with Crippen LogP contribution in [0.5, 0.6) is 0 Å². The van der Waals surface area contributed by atoms with Crippen LogP contribution in [0.3, 0.4) is 0 Å². The van der Waals surface area contributed by atoms with Gasteiger partial charge in [0.2, 0.25) is 0 Å². The van der Waals surface area contributed by atoms with E-state index in [4.69, 9.17) is 9.84 Å². The quantitative estimate of drug-likeness (QED) is 0.756. The van der Waals surface area contributed by atoms with E-state index in [1.807, 2.05) is 20.8 Å². The summed E-state index contributed by atoms with van der Waals surface area (Å²) in [5.74, 6) is -0.534. The second-order valence-corrected chi connectivity index (χ2v) is 5.99. The standard InChI is InChI=1S/C12H19NO4/c1-12(2,3)17-11(16)13-5-7-4-8(10(14)15)9(7)6-13/h7-9H,4-6H2,1-3H3,(H,14,15). The average Bonchev–Trinajstić information content (AvgIpc) is 2.40. The number of carboxylic acid groups (broad SMARTS) is 1. The summed E-state index contributed by atoms with van der Waals surface area (Å²) in [4.78, 5) is 24.3. The molecule has 0 bridgehead atoms. The number of fused-ring (bicyclic) bond motifs is 1. The molecule has 1 heterocycles. The number of amides is 1.